The average molecular weight is 336 g/mol. The van der Waals surface area contributed by atoms with Gasteiger partial charge in [-0.15, -0.1) is 5.10 Å². The standard InChI is InChI=1S/C15H8Cl2FN3O/c16-10-4-2-1-3-8(10)7-19-21-14-9-5-12(18)11(17)6-13(9)20-15(14)22/h1-7H,(H,20,21,22)/b19-7-. The molecular formula is C15H8Cl2FN3O. The molecule has 7 heteroatoms. The number of nitrogens with one attached hydrogen (secondary N) is 1. The molecule has 1 amide bonds. The molecule has 0 bridgehead atoms. The Morgan fingerprint density at radius 3 is 2.68 bits per heavy atom. The maximum Gasteiger partial charge on any atom is 0.276 e. The maximum atomic E-state index is 13.5. The van der Waals surface area contributed by atoms with E-state index in [1.165, 1.54) is 12.3 Å². The zero-order valence-corrected chi connectivity index (χ0v) is 12.5. The summed E-state index contributed by atoms with van der Waals surface area (Å²) in [6.07, 6.45) is 1.42. The third-order valence-electron chi connectivity index (χ3n) is 3.04. The highest BCUT2D eigenvalue weighted by molar-refractivity contribution is 6.54. The topological polar surface area (TPSA) is 53.8 Å². The highest BCUT2D eigenvalue weighted by atomic mass is 35.5. The van der Waals surface area contributed by atoms with Crippen molar-refractivity contribution >= 4 is 46.7 Å². The van der Waals surface area contributed by atoms with Crippen LogP contribution in [0.3, 0.4) is 0 Å². The van der Waals surface area contributed by atoms with Crippen molar-refractivity contribution < 1.29 is 9.18 Å². The van der Waals surface area contributed by atoms with Crippen LogP contribution in [0.25, 0.3) is 0 Å². The molecule has 0 saturated carbocycles. The van der Waals surface area contributed by atoms with Crippen LogP contribution in [-0.4, -0.2) is 17.8 Å². The fraction of sp³-hybridized carbons (Fsp3) is 0. The second-order valence-electron chi connectivity index (χ2n) is 4.48. The number of benzene rings is 2. The molecule has 4 nitrogen and oxygen atoms in total. The summed E-state index contributed by atoms with van der Waals surface area (Å²) in [5.74, 6) is -1.09. The minimum Gasteiger partial charge on any atom is -0.320 e. The van der Waals surface area contributed by atoms with Crippen LogP contribution in [0.2, 0.25) is 10.0 Å². The number of anilines is 1. The van der Waals surface area contributed by atoms with Crippen LogP contribution < -0.4 is 5.32 Å². The van der Waals surface area contributed by atoms with E-state index in [0.29, 0.717) is 21.8 Å². The Kier molecular flexibility index (Phi) is 3.92. The molecule has 0 radical (unpaired) electrons. The second-order valence-corrected chi connectivity index (χ2v) is 5.30. The molecule has 3 rings (SSSR count). The van der Waals surface area contributed by atoms with E-state index in [1.54, 1.807) is 24.3 Å². The number of amides is 1. The minimum absolute atomic E-state index is 0.0221. The Morgan fingerprint density at radius 1 is 1.14 bits per heavy atom. The number of halogens is 3. The van der Waals surface area contributed by atoms with E-state index in [9.17, 15) is 9.18 Å². The predicted molar refractivity (Wildman–Crippen MR) is 85.6 cm³/mol. The Hall–Kier alpha value is -2.24. The minimum atomic E-state index is -0.625. The molecular weight excluding hydrogens is 328 g/mol. The predicted octanol–water partition coefficient (Wildman–Crippen LogP) is 3.91. The number of carbonyl (C=O) groups is 1. The van der Waals surface area contributed by atoms with Crippen molar-refractivity contribution in [3.8, 4) is 0 Å². The largest absolute Gasteiger partial charge is 0.320 e. The van der Waals surface area contributed by atoms with Crippen molar-refractivity contribution in [2.75, 3.05) is 5.32 Å². The van der Waals surface area contributed by atoms with Gasteiger partial charge >= 0.3 is 0 Å². The summed E-state index contributed by atoms with van der Waals surface area (Å²) in [5.41, 5.74) is 1.41. The molecule has 0 saturated heterocycles. The summed E-state index contributed by atoms with van der Waals surface area (Å²) in [5, 5.41) is 10.7. The van der Waals surface area contributed by atoms with Crippen LogP contribution in [0.1, 0.15) is 11.1 Å². The third-order valence-corrected chi connectivity index (χ3v) is 3.67. The highest BCUT2D eigenvalue weighted by Crippen LogP contribution is 2.29. The normalized spacial score (nSPS) is 15.4. The number of hydrogen-bond donors (Lipinski definition) is 1. The summed E-state index contributed by atoms with van der Waals surface area (Å²) >= 11 is 11.7. The quantitative estimate of drug-likeness (QED) is 0.656. The van der Waals surface area contributed by atoms with Gasteiger partial charge in [-0.1, -0.05) is 41.4 Å². The molecule has 22 heavy (non-hydrogen) atoms. The van der Waals surface area contributed by atoms with Gasteiger partial charge in [-0.25, -0.2) is 4.39 Å². The highest BCUT2D eigenvalue weighted by Gasteiger charge is 2.27. The van der Waals surface area contributed by atoms with Gasteiger partial charge in [0.25, 0.3) is 5.91 Å². The Labute approximate surface area is 135 Å². The first-order valence-electron chi connectivity index (χ1n) is 6.22. The van der Waals surface area contributed by atoms with E-state index in [4.69, 9.17) is 23.2 Å². The Morgan fingerprint density at radius 2 is 1.91 bits per heavy atom. The Balaban J connectivity index is 1.95. The van der Waals surface area contributed by atoms with E-state index in [0.717, 1.165) is 6.07 Å². The van der Waals surface area contributed by atoms with Gasteiger partial charge in [-0.3, -0.25) is 4.79 Å². The first kappa shape index (κ1) is 14.7. The lowest BCUT2D eigenvalue weighted by molar-refractivity contribution is -0.110. The summed E-state index contributed by atoms with van der Waals surface area (Å²) in [4.78, 5) is 11.9. The molecule has 1 heterocycles. The number of carbonyl (C=O) groups excluding carboxylic acids is 1. The van der Waals surface area contributed by atoms with Crippen LogP contribution in [0.4, 0.5) is 10.1 Å². The molecule has 110 valence electrons. The van der Waals surface area contributed by atoms with Crippen LogP contribution in [0.15, 0.2) is 46.6 Å². The fourth-order valence-electron chi connectivity index (χ4n) is 1.98. The molecule has 2 aromatic carbocycles. The molecule has 0 aliphatic carbocycles. The van der Waals surface area contributed by atoms with Crippen molar-refractivity contribution in [1.82, 2.24) is 0 Å². The van der Waals surface area contributed by atoms with Crippen molar-refractivity contribution in [2.45, 2.75) is 0 Å². The smallest absolute Gasteiger partial charge is 0.276 e. The van der Waals surface area contributed by atoms with E-state index in [2.05, 4.69) is 15.5 Å². The second kappa shape index (κ2) is 5.87. The monoisotopic (exact) mass is 335 g/mol. The molecule has 1 N–H and O–H groups in total. The van der Waals surface area contributed by atoms with Crippen LogP contribution in [0, 0.1) is 5.82 Å². The van der Waals surface area contributed by atoms with Gasteiger partial charge in [0, 0.05) is 16.1 Å². The first-order valence-corrected chi connectivity index (χ1v) is 6.98. The number of hydrogen-bond acceptors (Lipinski definition) is 3. The lowest BCUT2D eigenvalue weighted by Crippen LogP contribution is -2.13. The summed E-state index contributed by atoms with van der Waals surface area (Å²) < 4.78 is 13.5. The zero-order chi connectivity index (χ0) is 15.7. The molecule has 1 aliphatic heterocycles. The molecule has 0 spiro atoms. The third kappa shape index (κ3) is 2.73. The SMILES string of the molecule is O=C1Nc2cc(Cl)c(F)cc2/C1=N/N=C\c1ccccc1Cl. The van der Waals surface area contributed by atoms with Crippen molar-refractivity contribution in [2.24, 2.45) is 10.2 Å². The molecule has 0 fully saturated rings. The van der Waals surface area contributed by atoms with Crippen molar-refractivity contribution in [1.29, 1.82) is 0 Å². The average Bonchev–Trinajstić information content (AvgIpc) is 2.77. The van der Waals surface area contributed by atoms with Crippen LogP contribution in [-0.2, 0) is 4.79 Å². The number of nitrogens with zero attached hydrogens (tertiary/aromatic N) is 2. The summed E-state index contributed by atoms with van der Waals surface area (Å²) in [6.45, 7) is 0. The zero-order valence-electron chi connectivity index (χ0n) is 11.0. The molecule has 0 atom stereocenters. The van der Waals surface area contributed by atoms with Crippen LogP contribution in [0.5, 0.6) is 0 Å². The van der Waals surface area contributed by atoms with Crippen molar-refractivity contribution in [3.63, 3.8) is 0 Å². The van der Waals surface area contributed by atoms with Gasteiger partial charge in [-0.05, 0) is 18.2 Å². The van der Waals surface area contributed by atoms with E-state index in [1.807, 2.05) is 0 Å². The lowest BCUT2D eigenvalue weighted by atomic mass is 10.1. The van der Waals surface area contributed by atoms with Gasteiger partial charge in [-0.2, -0.15) is 5.10 Å². The van der Waals surface area contributed by atoms with Gasteiger partial charge in [0.15, 0.2) is 5.71 Å². The maximum absolute atomic E-state index is 13.5. The summed E-state index contributed by atoms with van der Waals surface area (Å²) in [7, 11) is 0. The van der Waals surface area contributed by atoms with Gasteiger partial charge < -0.3 is 5.32 Å². The first-order chi connectivity index (χ1) is 10.6. The molecule has 2 aromatic rings. The fourth-order valence-corrected chi connectivity index (χ4v) is 2.33. The molecule has 0 aromatic heterocycles. The van der Waals surface area contributed by atoms with Gasteiger partial charge in [0.2, 0.25) is 0 Å². The lowest BCUT2D eigenvalue weighted by Gasteiger charge is -1.99. The number of rotatable bonds is 2. The van der Waals surface area contributed by atoms with Gasteiger partial charge in [0.1, 0.15) is 5.82 Å². The van der Waals surface area contributed by atoms with Crippen LogP contribution >= 0.6 is 23.2 Å². The molecule has 0 unspecified atom stereocenters. The Bertz CT molecular complexity index is 834. The van der Waals surface area contributed by atoms with Crippen molar-refractivity contribution in [3.05, 3.63) is 63.4 Å². The molecule has 1 aliphatic rings. The number of fused-ring (bicyclic) bond motifs is 1. The van der Waals surface area contributed by atoms with E-state index < -0.39 is 11.7 Å². The van der Waals surface area contributed by atoms with E-state index >= 15 is 0 Å². The van der Waals surface area contributed by atoms with Gasteiger partial charge in [0.05, 0.1) is 16.9 Å². The van der Waals surface area contributed by atoms with E-state index in [-0.39, 0.29) is 10.7 Å². The summed E-state index contributed by atoms with van der Waals surface area (Å²) in [6, 6.07) is 9.55.